The second-order valence-corrected chi connectivity index (χ2v) is 10.9. The van der Waals surface area contributed by atoms with Gasteiger partial charge < -0.3 is 9.84 Å². The van der Waals surface area contributed by atoms with E-state index in [4.69, 9.17) is 4.74 Å². The Labute approximate surface area is 204 Å². The topological polar surface area (TPSA) is 49.8 Å². The van der Waals surface area contributed by atoms with Crippen molar-refractivity contribution in [2.45, 2.75) is 95.6 Å². The fraction of sp³-hybridized carbons (Fsp3) is 0.607. The predicted molar refractivity (Wildman–Crippen MR) is 128 cm³/mol. The molecule has 3 aliphatic rings. The summed E-state index contributed by atoms with van der Waals surface area (Å²) in [5, 5.41) is 10.2. The monoisotopic (exact) mass is 489 g/mol. The smallest absolute Gasteiger partial charge is 0.420 e. The summed E-state index contributed by atoms with van der Waals surface area (Å²) in [6.45, 7) is 4.21. The van der Waals surface area contributed by atoms with Gasteiger partial charge in [0.15, 0.2) is 0 Å². The fourth-order valence-corrected chi connectivity index (χ4v) is 6.71. The fourth-order valence-electron chi connectivity index (χ4n) is 6.71. The van der Waals surface area contributed by atoms with Crippen molar-refractivity contribution in [3.63, 3.8) is 0 Å². The molecule has 0 radical (unpaired) electrons. The summed E-state index contributed by atoms with van der Waals surface area (Å²) in [4.78, 5) is 13.9. The number of alkyl halides is 3. The number of carbonyl (C=O) groups is 1. The quantitative estimate of drug-likeness (QED) is 0.482. The molecule has 7 heteroatoms. The zero-order valence-corrected chi connectivity index (χ0v) is 20.4. The molecule has 0 spiro atoms. The van der Waals surface area contributed by atoms with Crippen LogP contribution in [0, 0.1) is 11.8 Å². The maximum atomic E-state index is 14.4. The first kappa shape index (κ1) is 24.4. The largest absolute Gasteiger partial charge is 0.490 e. The van der Waals surface area contributed by atoms with Gasteiger partial charge in [-0.3, -0.25) is 9.69 Å². The van der Waals surface area contributed by atoms with E-state index in [-0.39, 0.29) is 41.3 Å². The number of halogens is 3. The third kappa shape index (κ3) is 4.76. The van der Waals surface area contributed by atoms with E-state index in [0.29, 0.717) is 24.1 Å². The van der Waals surface area contributed by atoms with Crippen LogP contribution in [-0.2, 0) is 11.0 Å². The molecule has 1 saturated carbocycles. The van der Waals surface area contributed by atoms with Gasteiger partial charge in [0, 0.05) is 18.1 Å². The number of piperidine rings is 1. The summed E-state index contributed by atoms with van der Waals surface area (Å²) >= 11 is 0. The summed E-state index contributed by atoms with van der Waals surface area (Å²) < 4.78 is 49.1. The molecule has 2 aromatic carbocycles. The van der Waals surface area contributed by atoms with Gasteiger partial charge in [-0.2, -0.15) is 13.2 Å². The van der Waals surface area contributed by atoms with Crippen LogP contribution in [0.1, 0.15) is 82.4 Å². The molecule has 3 fully saturated rings. The number of benzene rings is 2. The van der Waals surface area contributed by atoms with Crippen LogP contribution in [0.25, 0.3) is 10.8 Å². The lowest BCUT2D eigenvalue weighted by molar-refractivity contribution is -0.144. The number of aliphatic carboxylic acids is 1. The molecule has 3 atom stereocenters. The molecule has 0 amide bonds. The second kappa shape index (κ2) is 9.30. The van der Waals surface area contributed by atoms with E-state index in [0.717, 1.165) is 44.1 Å². The van der Waals surface area contributed by atoms with Gasteiger partial charge in [0.1, 0.15) is 11.3 Å². The summed E-state index contributed by atoms with van der Waals surface area (Å²) in [5.74, 6) is -0.549. The molecule has 1 aliphatic carbocycles. The van der Waals surface area contributed by atoms with Crippen molar-refractivity contribution in [3.05, 3.63) is 41.5 Å². The first-order chi connectivity index (χ1) is 16.6. The molecular weight excluding hydrogens is 455 g/mol. The molecule has 3 unspecified atom stereocenters. The highest BCUT2D eigenvalue weighted by molar-refractivity contribution is 5.89. The number of nitrogens with zero attached hydrogens (tertiary/aromatic N) is 1. The van der Waals surface area contributed by atoms with Gasteiger partial charge in [-0.15, -0.1) is 0 Å². The van der Waals surface area contributed by atoms with Crippen LogP contribution in [0.15, 0.2) is 30.3 Å². The number of fused-ring (bicyclic) bond motifs is 3. The van der Waals surface area contributed by atoms with Gasteiger partial charge in [0.2, 0.25) is 0 Å². The number of carboxylic acids is 1. The highest BCUT2D eigenvalue weighted by Gasteiger charge is 2.45. The van der Waals surface area contributed by atoms with Gasteiger partial charge in [-0.25, -0.2) is 0 Å². The van der Waals surface area contributed by atoms with Gasteiger partial charge in [-0.05, 0) is 92.7 Å². The average molecular weight is 490 g/mol. The number of hydrogen-bond donors (Lipinski definition) is 1. The van der Waals surface area contributed by atoms with Crippen LogP contribution in [0.3, 0.4) is 0 Å². The van der Waals surface area contributed by atoms with Gasteiger partial charge in [0.05, 0.1) is 12.0 Å². The summed E-state index contributed by atoms with van der Waals surface area (Å²) in [5.41, 5.74) is 0.146. The van der Waals surface area contributed by atoms with E-state index in [1.165, 1.54) is 6.07 Å². The van der Waals surface area contributed by atoms with Crippen LogP contribution >= 0.6 is 0 Å². The molecule has 1 N–H and O–H groups in total. The van der Waals surface area contributed by atoms with E-state index >= 15 is 0 Å². The van der Waals surface area contributed by atoms with Crippen LogP contribution in [0.5, 0.6) is 5.75 Å². The molecule has 35 heavy (non-hydrogen) atoms. The number of rotatable bonds is 5. The minimum atomic E-state index is -4.53. The normalized spacial score (nSPS) is 30.4. The predicted octanol–water partition coefficient (Wildman–Crippen LogP) is 7.20. The lowest BCUT2D eigenvalue weighted by Crippen LogP contribution is -2.45. The Hall–Kier alpha value is -2.28. The first-order valence-electron chi connectivity index (χ1n) is 12.9. The van der Waals surface area contributed by atoms with Gasteiger partial charge in [-0.1, -0.05) is 25.1 Å². The number of ether oxygens (including phenoxy) is 1. The van der Waals surface area contributed by atoms with E-state index in [2.05, 4.69) is 11.8 Å². The minimum Gasteiger partial charge on any atom is -0.490 e. The number of hydrogen-bond acceptors (Lipinski definition) is 3. The Morgan fingerprint density at radius 3 is 2.26 bits per heavy atom. The van der Waals surface area contributed by atoms with Crippen molar-refractivity contribution >= 4 is 16.7 Å². The average Bonchev–Trinajstić information content (AvgIpc) is 3.07. The van der Waals surface area contributed by atoms with E-state index in [1.54, 1.807) is 18.2 Å². The van der Waals surface area contributed by atoms with E-state index in [1.807, 2.05) is 13.0 Å². The van der Waals surface area contributed by atoms with Gasteiger partial charge in [0.25, 0.3) is 0 Å². The summed E-state index contributed by atoms with van der Waals surface area (Å²) in [6.07, 6.45) is 1.90. The lowest BCUT2D eigenvalue weighted by atomic mass is 9.88. The maximum absolute atomic E-state index is 14.4. The zero-order chi connectivity index (χ0) is 24.9. The molecule has 0 aromatic heterocycles. The van der Waals surface area contributed by atoms with Crippen LogP contribution in [-0.4, -0.2) is 34.2 Å². The Kier molecular flexibility index (Phi) is 6.49. The zero-order valence-electron chi connectivity index (χ0n) is 20.4. The maximum Gasteiger partial charge on any atom is 0.420 e. The highest BCUT2D eigenvalue weighted by Crippen LogP contribution is 2.46. The van der Waals surface area contributed by atoms with Crippen molar-refractivity contribution in [3.8, 4) is 5.75 Å². The molecule has 4 nitrogen and oxygen atoms in total. The van der Waals surface area contributed by atoms with E-state index < -0.39 is 17.7 Å². The number of carboxylic acid groups (broad SMARTS) is 1. The Morgan fingerprint density at radius 1 is 1.03 bits per heavy atom. The van der Waals surface area contributed by atoms with Crippen molar-refractivity contribution in [2.24, 2.45) is 11.8 Å². The molecule has 2 heterocycles. The summed E-state index contributed by atoms with van der Waals surface area (Å²) in [7, 11) is 0. The second-order valence-electron chi connectivity index (χ2n) is 10.9. The summed E-state index contributed by atoms with van der Waals surface area (Å²) in [6, 6.07) is 8.80. The molecule has 2 saturated heterocycles. The third-order valence-electron chi connectivity index (χ3n) is 8.62. The first-order valence-corrected chi connectivity index (χ1v) is 12.9. The molecular formula is C28H34F3NO3. The molecule has 5 rings (SSSR count). The molecule has 2 aliphatic heterocycles. The highest BCUT2D eigenvalue weighted by atomic mass is 19.4. The van der Waals surface area contributed by atoms with E-state index in [9.17, 15) is 23.1 Å². The van der Waals surface area contributed by atoms with Crippen molar-refractivity contribution in [1.82, 2.24) is 4.90 Å². The molecule has 190 valence electrons. The third-order valence-corrected chi connectivity index (χ3v) is 8.62. The molecule has 2 bridgehead atoms. The Balaban J connectivity index is 1.47. The SMILES string of the molecule is CC(c1ccc2ccc(O[C@H]3CC[C@@H](C)CC3)c(C(F)(F)F)c2c1)N1C2CCC1CC(C(=O)O)C2. The Bertz CT molecular complexity index is 1080. The van der Waals surface area contributed by atoms with Crippen LogP contribution in [0.2, 0.25) is 0 Å². The van der Waals surface area contributed by atoms with Crippen LogP contribution in [0.4, 0.5) is 13.2 Å². The Morgan fingerprint density at radius 2 is 1.66 bits per heavy atom. The lowest BCUT2D eigenvalue weighted by Gasteiger charge is -2.41. The molecule has 2 aromatic rings. The minimum absolute atomic E-state index is 0.0725. The van der Waals surface area contributed by atoms with Crippen LogP contribution < -0.4 is 4.74 Å². The van der Waals surface area contributed by atoms with Crippen molar-refractivity contribution in [1.29, 1.82) is 0 Å². The van der Waals surface area contributed by atoms with Crippen molar-refractivity contribution in [2.75, 3.05) is 0 Å². The van der Waals surface area contributed by atoms with Gasteiger partial charge >= 0.3 is 12.1 Å². The standard InChI is InChI=1S/C28H34F3NO3/c1-16-3-10-23(11-4-16)35-25-12-7-18-5-6-19(15-24(18)26(25)28(29,30)31)17(2)32-21-8-9-22(32)14-20(13-21)27(33)34/h5-7,12,15-17,20-23H,3-4,8-11,13-14H2,1-2H3,(H,33,34)/t16-,17?,20?,21?,22?,23+. The van der Waals surface area contributed by atoms with Crippen molar-refractivity contribution < 1.29 is 27.8 Å².